The van der Waals surface area contributed by atoms with Crippen LogP contribution in [-0.4, -0.2) is 31.9 Å². The Morgan fingerprint density at radius 1 is 1.07 bits per heavy atom. The fraction of sp³-hybridized carbons (Fsp3) is 0.238. The van der Waals surface area contributed by atoms with Crippen LogP contribution in [0.2, 0.25) is 0 Å². The van der Waals surface area contributed by atoms with Crippen LogP contribution < -0.4 is 4.74 Å². The second-order valence-electron chi connectivity index (χ2n) is 7.24. The van der Waals surface area contributed by atoms with Gasteiger partial charge in [-0.05, 0) is 23.8 Å². The Balaban J connectivity index is 1.56. The highest BCUT2D eigenvalue weighted by Gasteiger charge is 2.31. The molecule has 1 aliphatic carbocycles. The SMILES string of the molecule is O[C@H]1C[C@H](Oc2cncc3ccc(-c4cnn5cc(C(F)(F)F)ccc45)cc23)C1. The second-order valence-corrected chi connectivity index (χ2v) is 7.24. The summed E-state index contributed by atoms with van der Waals surface area (Å²) in [5, 5.41) is 15.3. The lowest BCUT2D eigenvalue weighted by Crippen LogP contribution is -2.37. The third-order valence-electron chi connectivity index (χ3n) is 5.24. The Morgan fingerprint density at radius 2 is 1.90 bits per heavy atom. The molecule has 1 aromatic carbocycles. The van der Waals surface area contributed by atoms with Crippen LogP contribution in [0.5, 0.6) is 5.75 Å². The number of pyridine rings is 2. The molecule has 148 valence electrons. The molecule has 0 unspecified atom stereocenters. The van der Waals surface area contributed by atoms with Gasteiger partial charge in [-0.25, -0.2) is 4.52 Å². The van der Waals surface area contributed by atoms with Gasteiger partial charge in [-0.1, -0.05) is 12.1 Å². The van der Waals surface area contributed by atoms with E-state index in [9.17, 15) is 18.3 Å². The number of hydrogen-bond acceptors (Lipinski definition) is 4. The van der Waals surface area contributed by atoms with Crippen molar-refractivity contribution in [2.24, 2.45) is 0 Å². The quantitative estimate of drug-likeness (QED) is 0.552. The Bertz CT molecular complexity index is 1210. The summed E-state index contributed by atoms with van der Waals surface area (Å²) in [5.74, 6) is 0.622. The summed E-state index contributed by atoms with van der Waals surface area (Å²) in [7, 11) is 0. The van der Waals surface area contributed by atoms with Gasteiger partial charge in [0.2, 0.25) is 0 Å². The van der Waals surface area contributed by atoms with E-state index in [1.165, 1.54) is 10.6 Å². The summed E-state index contributed by atoms with van der Waals surface area (Å²) < 4.78 is 46.1. The van der Waals surface area contributed by atoms with Crippen molar-refractivity contribution >= 4 is 16.3 Å². The van der Waals surface area contributed by atoms with E-state index in [4.69, 9.17) is 4.74 Å². The van der Waals surface area contributed by atoms with E-state index in [1.807, 2.05) is 18.2 Å². The zero-order valence-electron chi connectivity index (χ0n) is 15.1. The lowest BCUT2D eigenvalue weighted by Gasteiger charge is -2.31. The van der Waals surface area contributed by atoms with Crippen molar-refractivity contribution in [1.82, 2.24) is 14.6 Å². The predicted molar refractivity (Wildman–Crippen MR) is 101 cm³/mol. The van der Waals surface area contributed by atoms with E-state index in [0.717, 1.165) is 34.2 Å². The zero-order valence-corrected chi connectivity index (χ0v) is 15.1. The first-order valence-corrected chi connectivity index (χ1v) is 9.16. The molecule has 0 bridgehead atoms. The number of halogens is 3. The van der Waals surface area contributed by atoms with Crippen molar-refractivity contribution in [3.63, 3.8) is 0 Å². The Labute approximate surface area is 163 Å². The maximum absolute atomic E-state index is 13.0. The molecule has 8 heteroatoms. The summed E-state index contributed by atoms with van der Waals surface area (Å²) >= 11 is 0. The molecular weight excluding hydrogens is 383 g/mol. The smallest absolute Gasteiger partial charge is 0.417 e. The van der Waals surface area contributed by atoms with E-state index in [-0.39, 0.29) is 12.2 Å². The van der Waals surface area contributed by atoms with E-state index < -0.39 is 11.7 Å². The minimum atomic E-state index is -4.42. The van der Waals surface area contributed by atoms with Crippen molar-refractivity contribution in [3.05, 3.63) is 60.7 Å². The molecule has 0 saturated heterocycles. The number of aromatic nitrogens is 3. The number of alkyl halides is 3. The number of fused-ring (bicyclic) bond motifs is 2. The van der Waals surface area contributed by atoms with Gasteiger partial charge < -0.3 is 9.84 Å². The van der Waals surface area contributed by atoms with Gasteiger partial charge in [-0.3, -0.25) is 4.98 Å². The number of nitrogens with zero attached hydrogens (tertiary/aromatic N) is 3. The number of benzene rings is 1. The Hall–Kier alpha value is -3.13. The molecule has 0 atom stereocenters. The van der Waals surface area contributed by atoms with Crippen molar-refractivity contribution in [2.75, 3.05) is 0 Å². The van der Waals surface area contributed by atoms with E-state index in [1.54, 1.807) is 18.6 Å². The first-order chi connectivity index (χ1) is 13.9. The largest absolute Gasteiger partial charge is 0.488 e. The van der Waals surface area contributed by atoms with E-state index in [0.29, 0.717) is 24.1 Å². The molecule has 1 fully saturated rings. The summed E-state index contributed by atoms with van der Waals surface area (Å²) in [6.07, 6.45) is 2.31. The average Bonchev–Trinajstić information content (AvgIpc) is 3.09. The van der Waals surface area contributed by atoms with E-state index >= 15 is 0 Å². The number of rotatable bonds is 3. The van der Waals surface area contributed by atoms with Crippen molar-refractivity contribution in [3.8, 4) is 16.9 Å². The molecule has 0 spiro atoms. The summed E-state index contributed by atoms with van der Waals surface area (Å²) in [6, 6.07) is 8.19. The molecule has 1 N–H and O–H groups in total. The van der Waals surface area contributed by atoms with Crippen LogP contribution in [0.25, 0.3) is 27.4 Å². The number of aliphatic hydroxyl groups excluding tert-OH is 1. The molecule has 5 nitrogen and oxygen atoms in total. The number of ether oxygens (including phenoxy) is 1. The fourth-order valence-corrected chi connectivity index (χ4v) is 3.59. The summed E-state index contributed by atoms with van der Waals surface area (Å²) in [5.41, 5.74) is 1.37. The maximum Gasteiger partial charge on any atom is 0.417 e. The van der Waals surface area contributed by atoms with Crippen LogP contribution >= 0.6 is 0 Å². The van der Waals surface area contributed by atoms with Crippen LogP contribution in [0.3, 0.4) is 0 Å². The lowest BCUT2D eigenvalue weighted by molar-refractivity contribution is -0.137. The zero-order chi connectivity index (χ0) is 20.2. The first-order valence-electron chi connectivity index (χ1n) is 9.16. The predicted octanol–water partition coefficient (Wildman–Crippen LogP) is 4.47. The van der Waals surface area contributed by atoms with Crippen LogP contribution in [-0.2, 0) is 6.18 Å². The molecular formula is C21H16F3N3O2. The highest BCUT2D eigenvalue weighted by atomic mass is 19.4. The molecule has 4 aromatic rings. The number of hydrogen-bond donors (Lipinski definition) is 1. The van der Waals surface area contributed by atoms with Gasteiger partial charge in [0.1, 0.15) is 11.9 Å². The minimum Gasteiger partial charge on any atom is -0.488 e. The summed E-state index contributed by atoms with van der Waals surface area (Å²) in [6.45, 7) is 0. The Morgan fingerprint density at radius 3 is 2.66 bits per heavy atom. The highest BCUT2D eigenvalue weighted by Crippen LogP contribution is 2.35. The molecule has 3 heterocycles. The standard InChI is InChI=1S/C21H16F3N3O2/c22-21(23,24)14-3-4-19-18(9-26-27(19)11-14)12-1-2-13-8-25-10-20(17(13)5-12)29-16-6-15(28)7-16/h1-5,8-11,15-16,28H,6-7H2/t15-,16-. The molecule has 1 saturated carbocycles. The first kappa shape index (κ1) is 17.9. The van der Waals surface area contributed by atoms with Crippen LogP contribution in [0, 0.1) is 0 Å². The average molecular weight is 399 g/mol. The molecule has 5 rings (SSSR count). The number of aliphatic hydroxyl groups is 1. The van der Waals surface area contributed by atoms with Gasteiger partial charge in [0, 0.05) is 41.6 Å². The van der Waals surface area contributed by atoms with Gasteiger partial charge in [0.15, 0.2) is 0 Å². The molecule has 29 heavy (non-hydrogen) atoms. The molecule has 3 aromatic heterocycles. The molecule has 0 amide bonds. The van der Waals surface area contributed by atoms with Crippen LogP contribution in [0.1, 0.15) is 18.4 Å². The van der Waals surface area contributed by atoms with Gasteiger partial charge in [0.25, 0.3) is 0 Å². The van der Waals surface area contributed by atoms with Gasteiger partial charge in [-0.15, -0.1) is 0 Å². The van der Waals surface area contributed by atoms with Crippen molar-refractivity contribution in [2.45, 2.75) is 31.2 Å². The Kier molecular flexibility index (Phi) is 3.99. The molecule has 0 radical (unpaired) electrons. The highest BCUT2D eigenvalue weighted by molar-refractivity contribution is 5.93. The van der Waals surface area contributed by atoms with Crippen LogP contribution in [0.15, 0.2) is 55.1 Å². The minimum absolute atomic E-state index is 0.0428. The van der Waals surface area contributed by atoms with E-state index in [2.05, 4.69) is 10.1 Å². The summed E-state index contributed by atoms with van der Waals surface area (Å²) in [4.78, 5) is 4.21. The normalized spacial score (nSPS) is 19.4. The van der Waals surface area contributed by atoms with Gasteiger partial charge in [-0.2, -0.15) is 18.3 Å². The fourth-order valence-electron chi connectivity index (χ4n) is 3.59. The third-order valence-corrected chi connectivity index (χ3v) is 5.24. The lowest BCUT2D eigenvalue weighted by atomic mass is 9.92. The van der Waals surface area contributed by atoms with Crippen LogP contribution in [0.4, 0.5) is 13.2 Å². The van der Waals surface area contributed by atoms with Gasteiger partial charge in [0.05, 0.1) is 29.6 Å². The maximum atomic E-state index is 13.0. The monoisotopic (exact) mass is 399 g/mol. The topological polar surface area (TPSA) is 59.7 Å². The van der Waals surface area contributed by atoms with Crippen molar-refractivity contribution in [1.29, 1.82) is 0 Å². The van der Waals surface area contributed by atoms with Crippen molar-refractivity contribution < 1.29 is 23.0 Å². The van der Waals surface area contributed by atoms with Gasteiger partial charge >= 0.3 is 6.18 Å². The molecule has 0 aliphatic heterocycles. The second kappa shape index (κ2) is 6.45. The molecule has 1 aliphatic rings. The third kappa shape index (κ3) is 3.19.